The summed E-state index contributed by atoms with van der Waals surface area (Å²) in [6, 6.07) is 5.39. The maximum absolute atomic E-state index is 11.6. The van der Waals surface area contributed by atoms with Crippen LogP contribution >= 0.6 is 0 Å². The van der Waals surface area contributed by atoms with Crippen molar-refractivity contribution in [3.63, 3.8) is 0 Å². The summed E-state index contributed by atoms with van der Waals surface area (Å²) in [4.78, 5) is 11.6. The summed E-state index contributed by atoms with van der Waals surface area (Å²) in [6.07, 6.45) is 6.40. The van der Waals surface area contributed by atoms with Crippen LogP contribution in [0, 0.1) is 17.3 Å². The molecule has 6 nitrogen and oxygen atoms in total. The molecule has 4 atom stereocenters. The molecule has 0 aromatic heterocycles. The first-order valence-corrected chi connectivity index (χ1v) is 10.4. The van der Waals surface area contributed by atoms with Crippen LogP contribution in [0.4, 0.5) is 0 Å². The average Bonchev–Trinajstić information content (AvgIpc) is 2.90. The van der Waals surface area contributed by atoms with Gasteiger partial charge in [0.25, 0.3) is 0 Å². The lowest BCUT2D eigenvalue weighted by Gasteiger charge is -2.49. The van der Waals surface area contributed by atoms with E-state index in [2.05, 4.69) is 6.92 Å². The molecule has 26 heavy (non-hydrogen) atoms. The van der Waals surface area contributed by atoms with Gasteiger partial charge >= 0.3 is 16.3 Å². The third-order valence-corrected chi connectivity index (χ3v) is 7.15. The number of carboxylic acids is 1. The second kappa shape index (κ2) is 5.82. The second-order valence-electron chi connectivity index (χ2n) is 7.97. The third kappa shape index (κ3) is 2.74. The zero-order valence-corrected chi connectivity index (χ0v) is 15.5. The van der Waals surface area contributed by atoms with Gasteiger partial charge in [0, 0.05) is 11.0 Å². The van der Waals surface area contributed by atoms with Crippen molar-refractivity contribution in [1.29, 1.82) is 0 Å². The van der Waals surface area contributed by atoms with E-state index in [1.165, 1.54) is 5.56 Å². The van der Waals surface area contributed by atoms with Gasteiger partial charge < -0.3 is 9.29 Å². The molecule has 0 radical (unpaired) electrons. The number of hydrogen-bond donors (Lipinski definition) is 2. The summed E-state index contributed by atoms with van der Waals surface area (Å²) >= 11 is 0. The van der Waals surface area contributed by atoms with Gasteiger partial charge in [0.05, 0.1) is 0 Å². The minimum Gasteiger partial charge on any atom is -0.478 e. The first-order chi connectivity index (χ1) is 12.2. The van der Waals surface area contributed by atoms with Crippen LogP contribution in [0.1, 0.15) is 49.7 Å². The molecule has 140 valence electrons. The molecule has 3 N–H and O–H groups in total. The van der Waals surface area contributed by atoms with E-state index in [9.17, 15) is 18.3 Å². The van der Waals surface area contributed by atoms with Gasteiger partial charge in [0.15, 0.2) is 0 Å². The molecular weight excluding hydrogens is 354 g/mol. The molecule has 0 spiro atoms. The van der Waals surface area contributed by atoms with E-state index >= 15 is 0 Å². The maximum atomic E-state index is 11.6. The third-order valence-electron chi connectivity index (χ3n) is 6.72. The lowest BCUT2D eigenvalue weighted by Crippen LogP contribution is -2.42. The fourth-order valence-corrected chi connectivity index (χ4v) is 6.02. The molecular formula is C19H23NO5S. The highest BCUT2D eigenvalue weighted by Gasteiger charge is 2.53. The molecule has 1 fully saturated rings. The predicted molar refractivity (Wildman–Crippen MR) is 95.9 cm³/mol. The molecule has 1 aromatic rings. The summed E-state index contributed by atoms with van der Waals surface area (Å²) in [5.41, 5.74) is 2.71. The summed E-state index contributed by atoms with van der Waals surface area (Å²) < 4.78 is 27.1. The second-order valence-corrected chi connectivity index (χ2v) is 9.12. The molecule has 0 bridgehead atoms. The number of allylic oxidation sites excluding steroid dienone is 1. The largest absolute Gasteiger partial charge is 0.478 e. The summed E-state index contributed by atoms with van der Waals surface area (Å²) in [5.74, 6) is 0.678. The van der Waals surface area contributed by atoms with Crippen molar-refractivity contribution >= 4 is 16.3 Å². The standard InChI is InChI=1S/C19H23NO5S/c1-19-9-8-14-13-5-3-12(25-26(20,23)24)10-11(13)2-4-15(14)16(19)6-7-17(19)18(21)22/h3,5,7,10,14-16H,2,4,6,8-9H2,1H3,(H,21,22)(H2,20,23,24)/t14-,15-,16+,19+/m1/s1. The van der Waals surface area contributed by atoms with Gasteiger partial charge in [-0.15, -0.1) is 0 Å². The van der Waals surface area contributed by atoms with Crippen LogP contribution in [-0.2, 0) is 21.5 Å². The summed E-state index contributed by atoms with van der Waals surface area (Å²) in [7, 11) is -4.02. The van der Waals surface area contributed by atoms with Crippen LogP contribution in [0.2, 0.25) is 0 Å². The molecule has 7 heteroatoms. The summed E-state index contributed by atoms with van der Waals surface area (Å²) in [6.45, 7) is 2.11. The van der Waals surface area contributed by atoms with Crippen LogP contribution in [0.25, 0.3) is 0 Å². The lowest BCUT2D eigenvalue weighted by atomic mass is 9.54. The zero-order chi connectivity index (χ0) is 18.7. The molecule has 0 heterocycles. The number of rotatable bonds is 3. The smallest absolute Gasteiger partial charge is 0.380 e. The number of aryl methyl sites for hydroxylation is 1. The summed E-state index contributed by atoms with van der Waals surface area (Å²) in [5, 5.41) is 14.5. The van der Waals surface area contributed by atoms with Crippen molar-refractivity contribution in [2.24, 2.45) is 22.4 Å². The highest BCUT2D eigenvalue weighted by Crippen LogP contribution is 2.61. The fourth-order valence-electron chi connectivity index (χ4n) is 5.64. The molecule has 0 unspecified atom stereocenters. The van der Waals surface area contributed by atoms with E-state index in [-0.39, 0.29) is 11.2 Å². The Balaban J connectivity index is 1.63. The van der Waals surface area contributed by atoms with E-state index in [4.69, 9.17) is 9.32 Å². The van der Waals surface area contributed by atoms with E-state index in [1.54, 1.807) is 12.1 Å². The highest BCUT2D eigenvalue weighted by atomic mass is 32.2. The van der Waals surface area contributed by atoms with Gasteiger partial charge in [-0.2, -0.15) is 13.6 Å². The van der Waals surface area contributed by atoms with Crippen molar-refractivity contribution in [2.45, 2.75) is 44.9 Å². The highest BCUT2D eigenvalue weighted by molar-refractivity contribution is 7.84. The average molecular weight is 377 g/mol. The van der Waals surface area contributed by atoms with Gasteiger partial charge in [-0.3, -0.25) is 0 Å². The Morgan fingerprint density at radius 3 is 2.81 bits per heavy atom. The van der Waals surface area contributed by atoms with E-state index in [0.29, 0.717) is 23.3 Å². The van der Waals surface area contributed by atoms with E-state index in [1.807, 2.05) is 12.1 Å². The maximum Gasteiger partial charge on any atom is 0.380 e. The van der Waals surface area contributed by atoms with Gasteiger partial charge in [-0.05, 0) is 73.1 Å². The van der Waals surface area contributed by atoms with Gasteiger partial charge in [-0.25, -0.2) is 4.79 Å². The predicted octanol–water partition coefficient (Wildman–Crippen LogP) is 2.75. The Morgan fingerprint density at radius 2 is 2.12 bits per heavy atom. The minimum absolute atomic E-state index is 0.235. The Morgan fingerprint density at radius 1 is 1.35 bits per heavy atom. The SMILES string of the molecule is C[C@]12CC[C@@H]3c4ccc(OS(N)(=O)=O)cc4CC[C@H]3[C@@H]1CC=C2C(=O)O. The number of benzene rings is 1. The molecule has 1 aromatic carbocycles. The van der Waals surface area contributed by atoms with Gasteiger partial charge in [-0.1, -0.05) is 19.1 Å². The number of nitrogens with two attached hydrogens (primary N) is 1. The number of fused-ring (bicyclic) bond motifs is 5. The molecule has 3 aliphatic rings. The Labute approximate surface area is 153 Å². The minimum atomic E-state index is -4.02. The van der Waals surface area contributed by atoms with Crippen molar-refractivity contribution in [2.75, 3.05) is 0 Å². The number of hydrogen-bond acceptors (Lipinski definition) is 4. The fraction of sp³-hybridized carbons (Fsp3) is 0.526. The van der Waals surface area contributed by atoms with Gasteiger partial charge in [0.1, 0.15) is 5.75 Å². The molecule has 4 rings (SSSR count). The number of aliphatic carboxylic acids is 1. The number of carboxylic acid groups (broad SMARTS) is 1. The normalized spacial score (nSPS) is 32.8. The van der Waals surface area contributed by atoms with Crippen molar-refractivity contribution in [3.05, 3.63) is 41.0 Å². The number of carbonyl (C=O) groups is 1. The molecule has 1 saturated carbocycles. The Hall–Kier alpha value is -1.86. The molecule has 3 aliphatic carbocycles. The first-order valence-electron chi connectivity index (χ1n) is 8.98. The Bertz CT molecular complexity index is 907. The van der Waals surface area contributed by atoms with Crippen LogP contribution in [0.15, 0.2) is 29.8 Å². The first kappa shape index (κ1) is 17.5. The molecule has 0 aliphatic heterocycles. The molecule has 0 saturated heterocycles. The van der Waals surface area contributed by atoms with Crippen molar-refractivity contribution in [1.82, 2.24) is 0 Å². The van der Waals surface area contributed by atoms with E-state index in [0.717, 1.165) is 37.7 Å². The van der Waals surface area contributed by atoms with Crippen molar-refractivity contribution in [3.8, 4) is 5.75 Å². The van der Waals surface area contributed by atoms with Crippen LogP contribution in [0.5, 0.6) is 5.75 Å². The zero-order valence-electron chi connectivity index (χ0n) is 14.6. The monoisotopic (exact) mass is 377 g/mol. The van der Waals surface area contributed by atoms with Crippen LogP contribution < -0.4 is 9.32 Å². The van der Waals surface area contributed by atoms with Crippen LogP contribution in [-0.4, -0.2) is 19.5 Å². The topological polar surface area (TPSA) is 107 Å². The Kier molecular flexibility index (Phi) is 3.93. The quantitative estimate of drug-likeness (QED) is 0.842. The molecule has 0 amide bonds. The van der Waals surface area contributed by atoms with Gasteiger partial charge in [0.2, 0.25) is 0 Å². The lowest BCUT2D eigenvalue weighted by molar-refractivity contribution is -0.134. The van der Waals surface area contributed by atoms with Crippen molar-refractivity contribution < 1.29 is 22.5 Å². The van der Waals surface area contributed by atoms with Crippen LogP contribution in [0.3, 0.4) is 0 Å². The van der Waals surface area contributed by atoms with E-state index < -0.39 is 16.3 Å².